The van der Waals surface area contributed by atoms with Gasteiger partial charge in [-0.15, -0.1) is 5.92 Å². The molecule has 0 aromatic carbocycles. The topological polar surface area (TPSA) is 0 Å². The average molecular weight is 150 g/mol. The molecule has 0 unspecified atom stereocenters. The summed E-state index contributed by atoms with van der Waals surface area (Å²) in [5.41, 5.74) is 1.08. The SMILES string of the molecule is CC.CC#CC(/C=C\C)=C/C. The molecule has 0 nitrogen and oxygen atoms in total. The molecular weight excluding hydrogens is 132 g/mol. The van der Waals surface area contributed by atoms with Crippen LogP contribution in [0.3, 0.4) is 0 Å². The summed E-state index contributed by atoms with van der Waals surface area (Å²) in [6.07, 6.45) is 5.98. The quantitative estimate of drug-likeness (QED) is 0.396. The summed E-state index contributed by atoms with van der Waals surface area (Å²) in [5.74, 6) is 5.79. The van der Waals surface area contributed by atoms with Crippen LogP contribution in [0.15, 0.2) is 23.8 Å². The Morgan fingerprint density at radius 1 is 1.18 bits per heavy atom. The van der Waals surface area contributed by atoms with Crippen molar-refractivity contribution in [1.82, 2.24) is 0 Å². The molecule has 0 spiro atoms. The largest absolute Gasteiger partial charge is 0.101 e. The minimum absolute atomic E-state index is 1.08. The van der Waals surface area contributed by atoms with Crippen LogP contribution in [0.4, 0.5) is 0 Å². The van der Waals surface area contributed by atoms with Gasteiger partial charge in [0.15, 0.2) is 0 Å². The third kappa shape index (κ3) is 9.04. The maximum Gasteiger partial charge on any atom is 0.0199 e. The highest BCUT2D eigenvalue weighted by molar-refractivity contribution is 5.36. The molecule has 0 fully saturated rings. The van der Waals surface area contributed by atoms with Crippen molar-refractivity contribution < 1.29 is 0 Å². The zero-order valence-electron chi connectivity index (χ0n) is 8.23. The van der Waals surface area contributed by atoms with Crippen LogP contribution < -0.4 is 0 Å². The molecule has 11 heavy (non-hydrogen) atoms. The molecule has 0 saturated heterocycles. The third-order valence-corrected chi connectivity index (χ3v) is 0.927. The van der Waals surface area contributed by atoms with Crippen LogP contribution in [-0.4, -0.2) is 0 Å². The molecule has 0 amide bonds. The predicted molar refractivity (Wildman–Crippen MR) is 53.4 cm³/mol. The first-order valence-electron chi connectivity index (χ1n) is 4.07. The maximum absolute atomic E-state index is 2.96. The van der Waals surface area contributed by atoms with E-state index in [4.69, 9.17) is 0 Å². The van der Waals surface area contributed by atoms with Gasteiger partial charge in [0.2, 0.25) is 0 Å². The molecule has 0 saturated carbocycles. The Morgan fingerprint density at radius 3 is 2.00 bits per heavy atom. The van der Waals surface area contributed by atoms with E-state index < -0.39 is 0 Å². The van der Waals surface area contributed by atoms with Crippen molar-refractivity contribution in [3.63, 3.8) is 0 Å². The lowest BCUT2D eigenvalue weighted by Crippen LogP contribution is -1.67. The van der Waals surface area contributed by atoms with Gasteiger partial charge >= 0.3 is 0 Å². The molecule has 0 heterocycles. The van der Waals surface area contributed by atoms with Gasteiger partial charge in [-0.2, -0.15) is 0 Å². The molecule has 0 atom stereocenters. The highest BCUT2D eigenvalue weighted by Crippen LogP contribution is 1.92. The van der Waals surface area contributed by atoms with Crippen LogP contribution in [0.1, 0.15) is 34.6 Å². The number of rotatable bonds is 1. The monoisotopic (exact) mass is 150 g/mol. The van der Waals surface area contributed by atoms with Crippen LogP contribution in [0.2, 0.25) is 0 Å². The Hall–Kier alpha value is -0.960. The van der Waals surface area contributed by atoms with Crippen molar-refractivity contribution in [2.75, 3.05) is 0 Å². The lowest BCUT2D eigenvalue weighted by molar-refractivity contribution is 1.50. The summed E-state index contributed by atoms with van der Waals surface area (Å²) in [6, 6.07) is 0. The van der Waals surface area contributed by atoms with Gasteiger partial charge in [-0.3, -0.25) is 0 Å². The van der Waals surface area contributed by atoms with E-state index in [0.717, 1.165) is 5.57 Å². The lowest BCUT2D eigenvalue weighted by Gasteiger charge is -1.82. The number of hydrogen-bond donors (Lipinski definition) is 0. The minimum Gasteiger partial charge on any atom is -0.101 e. The summed E-state index contributed by atoms with van der Waals surface area (Å²) in [5, 5.41) is 0. The van der Waals surface area contributed by atoms with Gasteiger partial charge in [-0.1, -0.05) is 38.0 Å². The molecule has 0 N–H and O–H groups in total. The first kappa shape index (κ1) is 12.7. The Kier molecular flexibility index (Phi) is 13.6. The highest BCUT2D eigenvalue weighted by Gasteiger charge is 1.76. The molecule has 0 rings (SSSR count). The second kappa shape index (κ2) is 11.8. The minimum atomic E-state index is 1.08. The predicted octanol–water partition coefficient (Wildman–Crippen LogP) is 3.56. The molecule has 0 aliphatic heterocycles. The number of hydrogen-bond acceptors (Lipinski definition) is 0. The lowest BCUT2D eigenvalue weighted by atomic mass is 10.2. The van der Waals surface area contributed by atoms with E-state index in [0.29, 0.717) is 0 Å². The first-order chi connectivity index (χ1) is 5.35. The smallest absolute Gasteiger partial charge is 0.0199 e. The van der Waals surface area contributed by atoms with Gasteiger partial charge in [0.1, 0.15) is 0 Å². The van der Waals surface area contributed by atoms with Crippen molar-refractivity contribution in [2.24, 2.45) is 0 Å². The van der Waals surface area contributed by atoms with E-state index in [1.54, 1.807) is 0 Å². The average Bonchev–Trinajstić information content (AvgIpc) is 2.08. The highest BCUT2D eigenvalue weighted by atomic mass is 13.8. The summed E-state index contributed by atoms with van der Waals surface area (Å²) in [6.45, 7) is 9.81. The first-order valence-corrected chi connectivity index (χ1v) is 4.07. The molecule has 0 aromatic heterocycles. The summed E-state index contributed by atoms with van der Waals surface area (Å²) in [4.78, 5) is 0. The Labute approximate surface area is 71.0 Å². The third-order valence-electron chi connectivity index (χ3n) is 0.927. The van der Waals surface area contributed by atoms with Crippen LogP contribution in [0.5, 0.6) is 0 Å². The molecule has 0 aromatic rings. The van der Waals surface area contributed by atoms with Gasteiger partial charge in [-0.05, 0) is 20.8 Å². The van der Waals surface area contributed by atoms with E-state index in [1.807, 2.05) is 52.8 Å². The van der Waals surface area contributed by atoms with E-state index in [1.165, 1.54) is 0 Å². The molecular formula is C11H18. The Bertz CT molecular complexity index is 172. The summed E-state index contributed by atoms with van der Waals surface area (Å²) in [7, 11) is 0. The van der Waals surface area contributed by atoms with Gasteiger partial charge in [0.05, 0.1) is 0 Å². The Morgan fingerprint density at radius 2 is 1.73 bits per heavy atom. The van der Waals surface area contributed by atoms with Crippen LogP contribution in [0, 0.1) is 11.8 Å². The van der Waals surface area contributed by atoms with Gasteiger partial charge in [-0.25, -0.2) is 0 Å². The second-order valence-electron chi connectivity index (χ2n) is 1.62. The molecule has 62 valence electrons. The molecule has 0 radical (unpaired) electrons. The van der Waals surface area contributed by atoms with Gasteiger partial charge in [0, 0.05) is 5.57 Å². The van der Waals surface area contributed by atoms with E-state index in [9.17, 15) is 0 Å². The van der Waals surface area contributed by atoms with Crippen LogP contribution in [-0.2, 0) is 0 Å². The molecule has 0 bridgehead atoms. The van der Waals surface area contributed by atoms with Crippen molar-refractivity contribution in [1.29, 1.82) is 0 Å². The maximum atomic E-state index is 2.96. The van der Waals surface area contributed by atoms with Gasteiger partial charge in [0.25, 0.3) is 0 Å². The van der Waals surface area contributed by atoms with Crippen molar-refractivity contribution in [2.45, 2.75) is 34.6 Å². The zero-order chi connectivity index (χ0) is 9.11. The summed E-state index contributed by atoms with van der Waals surface area (Å²) < 4.78 is 0. The van der Waals surface area contributed by atoms with Crippen molar-refractivity contribution >= 4 is 0 Å². The van der Waals surface area contributed by atoms with E-state index >= 15 is 0 Å². The summed E-state index contributed by atoms with van der Waals surface area (Å²) >= 11 is 0. The molecule has 0 aliphatic rings. The Balaban J connectivity index is 0. The fraction of sp³-hybridized carbons (Fsp3) is 0.455. The van der Waals surface area contributed by atoms with E-state index in [2.05, 4.69) is 11.8 Å². The fourth-order valence-electron chi connectivity index (χ4n) is 0.534. The van der Waals surface area contributed by atoms with Gasteiger partial charge < -0.3 is 0 Å². The normalized spacial score (nSPS) is 9.73. The fourth-order valence-corrected chi connectivity index (χ4v) is 0.534. The number of allylic oxidation sites excluding steroid dienone is 4. The van der Waals surface area contributed by atoms with Crippen LogP contribution in [0.25, 0.3) is 0 Å². The second-order valence-corrected chi connectivity index (χ2v) is 1.62. The zero-order valence-corrected chi connectivity index (χ0v) is 8.23. The van der Waals surface area contributed by atoms with E-state index in [-0.39, 0.29) is 0 Å². The molecule has 0 aliphatic carbocycles. The van der Waals surface area contributed by atoms with Crippen LogP contribution >= 0.6 is 0 Å². The molecule has 0 heteroatoms. The van der Waals surface area contributed by atoms with Crippen molar-refractivity contribution in [3.05, 3.63) is 23.8 Å². The van der Waals surface area contributed by atoms with Crippen molar-refractivity contribution in [3.8, 4) is 11.8 Å². The standard InChI is InChI=1S/C9H12.C2H6/c1-4-7-9(6-3)8-5-2;1-2/h4,6-7H,1-3H3;1-2H3/b7-4-,9-6+;.